The topological polar surface area (TPSA) is 17.1 Å². The van der Waals surface area contributed by atoms with E-state index in [2.05, 4.69) is 153 Å². The lowest BCUT2D eigenvalue weighted by Crippen LogP contribution is -1.88. The van der Waals surface area contributed by atoms with Crippen LogP contribution in [-0.4, -0.2) is 6.29 Å². The van der Waals surface area contributed by atoms with Gasteiger partial charge in [-0.1, -0.05) is 224 Å². The van der Waals surface area contributed by atoms with Gasteiger partial charge in [0, 0.05) is 5.56 Å². The Kier molecular flexibility index (Phi) is 14.9. The predicted molar refractivity (Wildman–Crippen MR) is 239 cm³/mol. The van der Waals surface area contributed by atoms with Crippen LogP contribution in [0.25, 0.3) is 43.8 Å². The summed E-state index contributed by atoms with van der Waals surface area (Å²) in [5.74, 6) is 0.603. The fraction of sp³-hybridized carbons (Fsp3) is 0.167. The van der Waals surface area contributed by atoms with E-state index >= 15 is 0 Å². The Labute approximate surface area is 329 Å². The predicted octanol–water partition coefficient (Wildman–Crippen LogP) is 15.2. The van der Waals surface area contributed by atoms with Crippen molar-refractivity contribution < 1.29 is 4.79 Å². The maximum Gasteiger partial charge on any atom is 0.150 e. The maximum absolute atomic E-state index is 10.6. The number of fused-ring (bicyclic) bond motifs is 8. The summed E-state index contributed by atoms with van der Waals surface area (Å²) >= 11 is 0. The van der Waals surface area contributed by atoms with E-state index in [0.717, 1.165) is 35.5 Å². The van der Waals surface area contributed by atoms with Crippen LogP contribution < -0.4 is 0 Å². The van der Waals surface area contributed by atoms with Crippen molar-refractivity contribution in [1.82, 2.24) is 0 Å². The summed E-state index contributed by atoms with van der Waals surface area (Å²) in [7, 11) is 0. The average Bonchev–Trinajstić information content (AvgIpc) is 3.84. The summed E-state index contributed by atoms with van der Waals surface area (Å²) in [6.07, 6.45) is 3.10. The number of carbonyl (C=O) groups is 1. The molecule has 0 spiro atoms. The minimum atomic E-state index is 0.603. The molecule has 0 atom stereocenters. The number of aldehydes is 1. The van der Waals surface area contributed by atoms with E-state index in [0.29, 0.717) is 5.92 Å². The molecule has 8 aromatic rings. The molecule has 0 saturated heterocycles. The summed E-state index contributed by atoms with van der Waals surface area (Å²) in [5.41, 5.74) is 13.7. The van der Waals surface area contributed by atoms with Crippen molar-refractivity contribution in [3.05, 3.63) is 215 Å². The van der Waals surface area contributed by atoms with Gasteiger partial charge in [-0.3, -0.25) is 4.79 Å². The number of carbonyl (C=O) groups excluding carboxylic acids is 1. The SMILES string of the molecule is CC.CC.CC(C)c1cccc2ccccc12.O=Cc1cccc2ccccc12.c1ccc2c(c1)Cc1ccccc1-2.c1ccc2c(c1)Cc1ccccc1-2. The van der Waals surface area contributed by atoms with Gasteiger partial charge in [0.1, 0.15) is 0 Å². The fourth-order valence-electron chi connectivity index (χ4n) is 7.27. The Bertz CT molecular complexity index is 2250. The third-order valence-corrected chi connectivity index (χ3v) is 9.81. The summed E-state index contributed by atoms with van der Waals surface area (Å²) in [6.45, 7) is 12.5. The first-order valence-corrected chi connectivity index (χ1v) is 19.8. The van der Waals surface area contributed by atoms with E-state index in [9.17, 15) is 4.79 Å². The average molecular weight is 719 g/mol. The molecule has 8 aromatic carbocycles. The van der Waals surface area contributed by atoms with E-state index in [-0.39, 0.29) is 0 Å². The van der Waals surface area contributed by atoms with Gasteiger partial charge in [0.05, 0.1) is 0 Å². The highest BCUT2D eigenvalue weighted by molar-refractivity contribution is 5.98. The van der Waals surface area contributed by atoms with E-state index in [1.54, 1.807) is 0 Å². The molecule has 0 fully saturated rings. The molecule has 2 aliphatic rings. The molecule has 0 unspecified atom stereocenters. The van der Waals surface area contributed by atoms with Crippen molar-refractivity contribution >= 4 is 27.8 Å². The van der Waals surface area contributed by atoms with Crippen LogP contribution in [0.15, 0.2) is 182 Å². The Hall–Kier alpha value is -6.05. The van der Waals surface area contributed by atoms with Crippen LogP contribution >= 0.6 is 0 Å². The van der Waals surface area contributed by atoms with Gasteiger partial charge in [0.2, 0.25) is 0 Å². The van der Waals surface area contributed by atoms with Crippen molar-refractivity contribution in [2.75, 3.05) is 0 Å². The Morgan fingerprint density at radius 3 is 1.13 bits per heavy atom. The number of hydrogen-bond acceptors (Lipinski definition) is 1. The molecule has 0 bridgehead atoms. The van der Waals surface area contributed by atoms with Crippen LogP contribution in [0.2, 0.25) is 0 Å². The van der Waals surface area contributed by atoms with Gasteiger partial charge in [-0.15, -0.1) is 0 Å². The number of rotatable bonds is 2. The molecule has 1 nitrogen and oxygen atoms in total. The number of benzene rings is 8. The van der Waals surface area contributed by atoms with Gasteiger partial charge in [0.25, 0.3) is 0 Å². The zero-order valence-electron chi connectivity index (χ0n) is 33.3. The van der Waals surface area contributed by atoms with Gasteiger partial charge in [-0.05, 0) is 90.4 Å². The van der Waals surface area contributed by atoms with Crippen molar-refractivity contribution in [1.29, 1.82) is 0 Å². The van der Waals surface area contributed by atoms with E-state index < -0.39 is 0 Å². The maximum atomic E-state index is 10.6. The minimum absolute atomic E-state index is 0.603. The van der Waals surface area contributed by atoms with Gasteiger partial charge < -0.3 is 0 Å². The van der Waals surface area contributed by atoms with Crippen molar-refractivity contribution in [3.63, 3.8) is 0 Å². The second-order valence-electron chi connectivity index (χ2n) is 13.4. The Morgan fingerprint density at radius 1 is 0.382 bits per heavy atom. The first kappa shape index (κ1) is 40.1. The van der Waals surface area contributed by atoms with Crippen LogP contribution in [0, 0.1) is 0 Å². The minimum Gasteiger partial charge on any atom is -0.298 e. The molecule has 0 heterocycles. The van der Waals surface area contributed by atoms with Gasteiger partial charge >= 0.3 is 0 Å². The molecule has 1 heteroatoms. The quantitative estimate of drug-likeness (QED) is 0.163. The third kappa shape index (κ3) is 9.74. The zero-order chi connectivity index (χ0) is 39.0. The fourth-order valence-corrected chi connectivity index (χ4v) is 7.27. The van der Waals surface area contributed by atoms with E-state index in [1.807, 2.05) is 70.2 Å². The van der Waals surface area contributed by atoms with Crippen LogP contribution in [0.1, 0.15) is 85.6 Å². The van der Waals surface area contributed by atoms with Crippen molar-refractivity contribution in [2.24, 2.45) is 0 Å². The molecule has 0 radical (unpaired) electrons. The Balaban J connectivity index is 0.000000136. The third-order valence-electron chi connectivity index (χ3n) is 9.81. The van der Waals surface area contributed by atoms with Gasteiger partial charge in [-0.25, -0.2) is 0 Å². The molecular formula is C54H54O. The Morgan fingerprint density at radius 2 is 0.709 bits per heavy atom. The number of hydrogen-bond donors (Lipinski definition) is 0. The standard InChI is InChI=1S/2C13H10.C13H14.C11H8O.2C2H6/c2*1-3-7-12-10(5-1)9-11-6-2-4-8-13(11)12;1-10(2)12-9-5-7-11-6-3-4-8-13(11)12;12-8-10-6-3-5-9-4-1-2-7-11(9)10;2*1-2/h2*1-8H,9H2;3-10H,1-2H3;1-8H;2*1-2H3. The highest BCUT2D eigenvalue weighted by atomic mass is 16.1. The largest absolute Gasteiger partial charge is 0.298 e. The highest BCUT2D eigenvalue weighted by Crippen LogP contribution is 2.36. The zero-order valence-corrected chi connectivity index (χ0v) is 33.3. The second-order valence-corrected chi connectivity index (χ2v) is 13.4. The summed E-state index contributed by atoms with van der Waals surface area (Å²) in [5, 5.41) is 4.87. The first-order valence-electron chi connectivity index (χ1n) is 19.8. The molecule has 0 aliphatic heterocycles. The lowest BCUT2D eigenvalue weighted by atomic mass is 9.96. The molecule has 276 valence electrons. The van der Waals surface area contributed by atoms with Gasteiger partial charge in [0.15, 0.2) is 6.29 Å². The lowest BCUT2D eigenvalue weighted by molar-refractivity contribution is 0.112. The van der Waals surface area contributed by atoms with E-state index in [1.165, 1.54) is 60.8 Å². The molecule has 0 N–H and O–H groups in total. The summed E-state index contributed by atoms with van der Waals surface area (Å²) in [6, 6.07) is 63.3. The molecule has 0 amide bonds. The van der Waals surface area contributed by atoms with Crippen LogP contribution in [0.4, 0.5) is 0 Å². The normalized spacial score (nSPS) is 10.8. The van der Waals surface area contributed by atoms with Crippen LogP contribution in [0.3, 0.4) is 0 Å². The van der Waals surface area contributed by atoms with Crippen molar-refractivity contribution in [2.45, 2.75) is 60.3 Å². The molecule has 0 saturated carbocycles. The molecular weight excluding hydrogens is 665 g/mol. The van der Waals surface area contributed by atoms with E-state index in [4.69, 9.17) is 0 Å². The summed E-state index contributed by atoms with van der Waals surface area (Å²) < 4.78 is 0. The molecule has 2 aliphatic carbocycles. The second kappa shape index (κ2) is 20.4. The molecule has 0 aromatic heterocycles. The highest BCUT2D eigenvalue weighted by Gasteiger charge is 2.17. The monoisotopic (exact) mass is 718 g/mol. The lowest BCUT2D eigenvalue weighted by Gasteiger charge is -2.08. The summed E-state index contributed by atoms with van der Waals surface area (Å²) in [4.78, 5) is 10.6. The van der Waals surface area contributed by atoms with Crippen LogP contribution in [-0.2, 0) is 12.8 Å². The molecule has 55 heavy (non-hydrogen) atoms. The van der Waals surface area contributed by atoms with Crippen LogP contribution in [0.5, 0.6) is 0 Å². The van der Waals surface area contributed by atoms with Gasteiger partial charge in [-0.2, -0.15) is 0 Å². The smallest absolute Gasteiger partial charge is 0.150 e. The first-order chi connectivity index (χ1) is 27.1. The molecule has 10 rings (SSSR count). The van der Waals surface area contributed by atoms with Crippen molar-refractivity contribution in [3.8, 4) is 22.3 Å².